The molecule has 1 unspecified atom stereocenters. The first-order chi connectivity index (χ1) is 7.02. The largest absolute Gasteiger partial charge is 0.486 e. The van der Waals surface area contributed by atoms with Gasteiger partial charge in [0.05, 0.1) is 0 Å². The van der Waals surface area contributed by atoms with Crippen LogP contribution >= 0.6 is 0 Å². The monoisotopic (exact) mass is 202 g/mol. The predicted octanol–water partition coefficient (Wildman–Crippen LogP) is 3.71. The van der Waals surface area contributed by atoms with Crippen LogP contribution in [0.5, 0.6) is 5.75 Å². The highest BCUT2D eigenvalue weighted by atomic mass is 16.5. The molecule has 1 aliphatic heterocycles. The third-order valence-corrected chi connectivity index (χ3v) is 3.51. The summed E-state index contributed by atoms with van der Waals surface area (Å²) in [6, 6.07) is 0. The first-order valence-electron chi connectivity index (χ1n) is 5.47. The lowest BCUT2D eigenvalue weighted by atomic mass is 9.92. The summed E-state index contributed by atoms with van der Waals surface area (Å²) in [5.41, 5.74) is 6.62. The minimum atomic E-state index is 0.192. The topological polar surface area (TPSA) is 9.23 Å². The Morgan fingerprint density at radius 3 is 2.20 bits per heavy atom. The molecule has 0 N–H and O–H groups in total. The zero-order valence-corrected chi connectivity index (χ0v) is 10.1. The van der Waals surface area contributed by atoms with Crippen LogP contribution in [0.25, 0.3) is 6.08 Å². The van der Waals surface area contributed by atoms with E-state index in [9.17, 15) is 0 Å². The molecular formula is C14H18O. The summed E-state index contributed by atoms with van der Waals surface area (Å²) in [4.78, 5) is 0. The maximum Gasteiger partial charge on any atom is 0.130 e. The van der Waals surface area contributed by atoms with Gasteiger partial charge in [-0.05, 0) is 62.9 Å². The van der Waals surface area contributed by atoms with Gasteiger partial charge < -0.3 is 4.74 Å². The molecule has 1 aromatic carbocycles. The van der Waals surface area contributed by atoms with Crippen LogP contribution in [0.15, 0.2) is 6.08 Å². The zero-order chi connectivity index (χ0) is 11.2. The van der Waals surface area contributed by atoms with E-state index < -0.39 is 0 Å². The van der Waals surface area contributed by atoms with Crippen molar-refractivity contribution in [2.75, 3.05) is 0 Å². The molecule has 1 aliphatic rings. The highest BCUT2D eigenvalue weighted by Crippen LogP contribution is 2.36. The Hall–Kier alpha value is -1.24. The summed E-state index contributed by atoms with van der Waals surface area (Å²) in [5.74, 6) is 1.07. The number of benzene rings is 1. The van der Waals surface area contributed by atoms with E-state index in [1.54, 1.807) is 0 Å². The van der Waals surface area contributed by atoms with Crippen LogP contribution in [-0.4, -0.2) is 6.10 Å². The van der Waals surface area contributed by atoms with E-state index in [0.717, 1.165) is 5.75 Å². The van der Waals surface area contributed by atoms with Gasteiger partial charge in [0.1, 0.15) is 11.9 Å². The normalized spacial score (nSPS) is 18.6. The fourth-order valence-corrected chi connectivity index (χ4v) is 2.12. The average molecular weight is 202 g/mol. The van der Waals surface area contributed by atoms with Crippen molar-refractivity contribution in [2.45, 2.75) is 40.7 Å². The fourth-order valence-electron chi connectivity index (χ4n) is 2.12. The number of rotatable bonds is 0. The molecule has 1 heteroatoms. The summed E-state index contributed by atoms with van der Waals surface area (Å²) in [5, 5.41) is 0. The van der Waals surface area contributed by atoms with Crippen LogP contribution in [0.1, 0.15) is 34.7 Å². The molecule has 1 heterocycles. The summed E-state index contributed by atoms with van der Waals surface area (Å²) in [6.45, 7) is 10.7. The molecule has 0 aromatic heterocycles. The van der Waals surface area contributed by atoms with Gasteiger partial charge in [0.15, 0.2) is 0 Å². The van der Waals surface area contributed by atoms with Gasteiger partial charge in [0.25, 0.3) is 0 Å². The molecule has 15 heavy (non-hydrogen) atoms. The van der Waals surface area contributed by atoms with Crippen molar-refractivity contribution >= 4 is 6.08 Å². The molecule has 1 atom stereocenters. The number of hydrogen-bond donors (Lipinski definition) is 0. The van der Waals surface area contributed by atoms with Gasteiger partial charge in [-0.3, -0.25) is 0 Å². The summed E-state index contributed by atoms with van der Waals surface area (Å²) < 4.78 is 5.89. The molecule has 0 aliphatic carbocycles. The standard InChI is InChI=1S/C14H18O/c1-8-6-7-13-11(4)9(2)10(3)12(5)14(13)15-8/h6-8H,1-5H3. The lowest BCUT2D eigenvalue weighted by Gasteiger charge is -2.24. The highest BCUT2D eigenvalue weighted by molar-refractivity contribution is 5.69. The molecule has 0 spiro atoms. The molecular weight excluding hydrogens is 184 g/mol. The van der Waals surface area contributed by atoms with Crippen molar-refractivity contribution in [1.29, 1.82) is 0 Å². The van der Waals surface area contributed by atoms with Gasteiger partial charge in [-0.2, -0.15) is 0 Å². The van der Waals surface area contributed by atoms with E-state index in [4.69, 9.17) is 4.74 Å². The van der Waals surface area contributed by atoms with Crippen molar-refractivity contribution in [3.63, 3.8) is 0 Å². The Morgan fingerprint density at radius 1 is 0.933 bits per heavy atom. The smallest absolute Gasteiger partial charge is 0.130 e. The maximum atomic E-state index is 5.89. The second kappa shape index (κ2) is 3.41. The Kier molecular flexibility index (Phi) is 2.34. The maximum absolute atomic E-state index is 5.89. The number of fused-ring (bicyclic) bond motifs is 1. The van der Waals surface area contributed by atoms with Crippen LogP contribution in [0, 0.1) is 27.7 Å². The van der Waals surface area contributed by atoms with Gasteiger partial charge in [-0.25, -0.2) is 0 Å². The summed E-state index contributed by atoms with van der Waals surface area (Å²) in [6.07, 6.45) is 4.50. The number of hydrogen-bond acceptors (Lipinski definition) is 1. The molecule has 1 aromatic rings. The van der Waals surface area contributed by atoms with E-state index in [1.807, 2.05) is 0 Å². The first kappa shape index (κ1) is 10.3. The summed E-state index contributed by atoms with van der Waals surface area (Å²) >= 11 is 0. The second-order valence-corrected chi connectivity index (χ2v) is 4.42. The van der Waals surface area contributed by atoms with Gasteiger partial charge >= 0.3 is 0 Å². The third-order valence-electron chi connectivity index (χ3n) is 3.51. The van der Waals surface area contributed by atoms with Crippen LogP contribution in [-0.2, 0) is 0 Å². The highest BCUT2D eigenvalue weighted by Gasteiger charge is 2.18. The van der Waals surface area contributed by atoms with Crippen molar-refractivity contribution in [2.24, 2.45) is 0 Å². The average Bonchev–Trinajstić information content (AvgIpc) is 2.23. The second-order valence-electron chi connectivity index (χ2n) is 4.42. The van der Waals surface area contributed by atoms with E-state index in [-0.39, 0.29) is 6.10 Å². The van der Waals surface area contributed by atoms with E-state index >= 15 is 0 Å². The van der Waals surface area contributed by atoms with E-state index in [2.05, 4.69) is 46.8 Å². The van der Waals surface area contributed by atoms with Gasteiger partial charge in [-0.1, -0.05) is 6.08 Å². The SMILES string of the molecule is Cc1c(C)c(C)c2c(c1C)C=CC(C)O2. The molecule has 0 saturated carbocycles. The Morgan fingerprint density at radius 2 is 1.53 bits per heavy atom. The molecule has 0 bridgehead atoms. The fraction of sp³-hybridized carbons (Fsp3) is 0.429. The Labute approximate surface area is 91.8 Å². The van der Waals surface area contributed by atoms with Crippen LogP contribution in [0.4, 0.5) is 0 Å². The Balaban J connectivity index is 2.74. The minimum Gasteiger partial charge on any atom is -0.486 e. The third kappa shape index (κ3) is 1.46. The van der Waals surface area contributed by atoms with Crippen molar-refractivity contribution in [3.8, 4) is 5.75 Å². The van der Waals surface area contributed by atoms with Crippen molar-refractivity contribution in [3.05, 3.63) is 33.9 Å². The molecule has 1 nitrogen and oxygen atoms in total. The first-order valence-corrected chi connectivity index (χ1v) is 5.47. The van der Waals surface area contributed by atoms with Crippen molar-refractivity contribution < 1.29 is 4.74 Å². The lowest BCUT2D eigenvalue weighted by Crippen LogP contribution is -2.15. The van der Waals surface area contributed by atoms with Gasteiger partial charge in [0.2, 0.25) is 0 Å². The zero-order valence-electron chi connectivity index (χ0n) is 10.1. The van der Waals surface area contributed by atoms with E-state index in [1.165, 1.54) is 27.8 Å². The van der Waals surface area contributed by atoms with Crippen LogP contribution in [0.3, 0.4) is 0 Å². The molecule has 0 fully saturated rings. The lowest BCUT2D eigenvalue weighted by molar-refractivity contribution is 0.264. The molecule has 0 saturated heterocycles. The van der Waals surface area contributed by atoms with E-state index in [0.29, 0.717) is 0 Å². The number of ether oxygens (including phenoxy) is 1. The van der Waals surface area contributed by atoms with Crippen LogP contribution in [0.2, 0.25) is 0 Å². The predicted molar refractivity (Wildman–Crippen MR) is 64.5 cm³/mol. The molecule has 0 amide bonds. The molecule has 2 rings (SSSR count). The van der Waals surface area contributed by atoms with Crippen molar-refractivity contribution in [1.82, 2.24) is 0 Å². The summed E-state index contributed by atoms with van der Waals surface area (Å²) in [7, 11) is 0. The Bertz CT molecular complexity index is 441. The van der Waals surface area contributed by atoms with Crippen LogP contribution < -0.4 is 4.74 Å². The molecule has 80 valence electrons. The van der Waals surface area contributed by atoms with Gasteiger partial charge in [-0.15, -0.1) is 0 Å². The minimum absolute atomic E-state index is 0.192. The molecule has 0 radical (unpaired) electrons. The van der Waals surface area contributed by atoms with Gasteiger partial charge in [0, 0.05) is 5.56 Å². The quantitative estimate of drug-likeness (QED) is 0.623.